The van der Waals surface area contributed by atoms with E-state index < -0.39 is 5.97 Å². The van der Waals surface area contributed by atoms with E-state index >= 15 is 0 Å². The molecule has 1 rings (SSSR count). The van der Waals surface area contributed by atoms with Gasteiger partial charge in [-0.1, -0.05) is 33.1 Å². The summed E-state index contributed by atoms with van der Waals surface area (Å²) in [7, 11) is 0. The van der Waals surface area contributed by atoms with Crippen LogP contribution in [0.3, 0.4) is 0 Å². The lowest BCUT2D eigenvalue weighted by molar-refractivity contribution is 0.0679. The van der Waals surface area contributed by atoms with Gasteiger partial charge in [0.25, 0.3) is 5.91 Å². The number of carboxylic acid groups (broad SMARTS) is 1. The fourth-order valence-corrected chi connectivity index (χ4v) is 2.47. The summed E-state index contributed by atoms with van der Waals surface area (Å²) >= 11 is 0. The number of pyridine rings is 1. The van der Waals surface area contributed by atoms with Crippen molar-refractivity contribution in [3.05, 3.63) is 29.6 Å². The van der Waals surface area contributed by atoms with Gasteiger partial charge in [-0.15, -0.1) is 0 Å². The van der Waals surface area contributed by atoms with Gasteiger partial charge in [-0.25, -0.2) is 9.78 Å². The molecule has 122 valence electrons. The van der Waals surface area contributed by atoms with E-state index in [1.165, 1.54) is 12.3 Å². The highest BCUT2D eigenvalue weighted by Gasteiger charge is 2.21. The first-order chi connectivity index (χ1) is 10.5. The van der Waals surface area contributed by atoms with Crippen LogP contribution >= 0.6 is 0 Å². The topological polar surface area (TPSA) is 70.5 Å². The first-order valence-corrected chi connectivity index (χ1v) is 8.01. The molecular weight excluding hydrogens is 280 g/mol. The number of aromatic carboxylic acids is 1. The van der Waals surface area contributed by atoms with Gasteiger partial charge >= 0.3 is 5.97 Å². The molecule has 0 spiro atoms. The summed E-state index contributed by atoms with van der Waals surface area (Å²) in [6, 6.07) is 3.09. The summed E-state index contributed by atoms with van der Waals surface area (Å²) in [5.41, 5.74) is 0.300. The monoisotopic (exact) mass is 306 g/mol. The van der Waals surface area contributed by atoms with Crippen molar-refractivity contribution in [2.75, 3.05) is 6.54 Å². The van der Waals surface area contributed by atoms with Gasteiger partial charge in [0.2, 0.25) is 0 Å². The third kappa shape index (κ3) is 5.13. The predicted octanol–water partition coefficient (Wildman–Crippen LogP) is 3.60. The quantitative estimate of drug-likeness (QED) is 0.708. The number of amides is 1. The van der Waals surface area contributed by atoms with Crippen molar-refractivity contribution in [1.82, 2.24) is 9.88 Å². The Balaban J connectivity index is 2.94. The van der Waals surface area contributed by atoms with Crippen LogP contribution in [0.5, 0.6) is 0 Å². The number of hydrogen-bond donors (Lipinski definition) is 1. The molecule has 0 fully saturated rings. The molecule has 0 radical (unpaired) electrons. The summed E-state index contributed by atoms with van der Waals surface area (Å²) in [4.78, 5) is 29.4. The Morgan fingerprint density at radius 3 is 2.59 bits per heavy atom. The van der Waals surface area contributed by atoms with Crippen LogP contribution in [0.15, 0.2) is 18.3 Å². The molecule has 1 unspecified atom stereocenters. The lowest BCUT2D eigenvalue weighted by atomic mass is 10.1. The van der Waals surface area contributed by atoms with Crippen molar-refractivity contribution in [1.29, 1.82) is 0 Å². The van der Waals surface area contributed by atoms with Crippen LogP contribution in [0.4, 0.5) is 0 Å². The van der Waals surface area contributed by atoms with Crippen LogP contribution in [0.1, 0.15) is 73.7 Å². The zero-order chi connectivity index (χ0) is 16.5. The first-order valence-electron chi connectivity index (χ1n) is 8.01. The minimum atomic E-state index is -1.12. The normalized spacial score (nSPS) is 12.0. The fraction of sp³-hybridized carbons (Fsp3) is 0.588. The van der Waals surface area contributed by atoms with E-state index in [-0.39, 0.29) is 17.6 Å². The van der Waals surface area contributed by atoms with E-state index in [4.69, 9.17) is 5.11 Å². The SMILES string of the molecule is CCCCCN(C(=O)c1ccnc(C(=O)O)c1)C(C)CCC. The molecule has 1 amide bonds. The molecule has 5 heteroatoms. The average molecular weight is 306 g/mol. The van der Waals surface area contributed by atoms with E-state index in [2.05, 4.69) is 18.8 Å². The van der Waals surface area contributed by atoms with E-state index in [0.29, 0.717) is 12.1 Å². The number of nitrogens with zero attached hydrogens (tertiary/aromatic N) is 2. The molecule has 0 aliphatic heterocycles. The van der Waals surface area contributed by atoms with Crippen molar-refractivity contribution >= 4 is 11.9 Å². The van der Waals surface area contributed by atoms with Crippen LogP contribution in [0, 0.1) is 0 Å². The number of aromatic nitrogens is 1. The molecular formula is C17H26N2O3. The zero-order valence-electron chi connectivity index (χ0n) is 13.7. The molecule has 0 saturated heterocycles. The Morgan fingerprint density at radius 2 is 2.00 bits per heavy atom. The van der Waals surface area contributed by atoms with Crippen LogP contribution in [0.25, 0.3) is 0 Å². The maximum absolute atomic E-state index is 12.7. The Labute approximate surface area is 132 Å². The van der Waals surface area contributed by atoms with Gasteiger partial charge in [0.15, 0.2) is 0 Å². The van der Waals surface area contributed by atoms with Crippen LogP contribution in [-0.2, 0) is 0 Å². The Hall–Kier alpha value is -1.91. The summed E-state index contributed by atoms with van der Waals surface area (Å²) in [5.74, 6) is -1.23. The van der Waals surface area contributed by atoms with Crippen molar-refractivity contribution in [2.24, 2.45) is 0 Å². The highest BCUT2D eigenvalue weighted by Crippen LogP contribution is 2.14. The number of unbranched alkanes of at least 4 members (excludes halogenated alkanes) is 2. The second-order valence-corrected chi connectivity index (χ2v) is 5.58. The van der Waals surface area contributed by atoms with Crippen molar-refractivity contribution in [2.45, 2.75) is 58.9 Å². The maximum atomic E-state index is 12.7. The molecule has 0 bridgehead atoms. The largest absolute Gasteiger partial charge is 0.477 e. The Bertz CT molecular complexity index is 502. The van der Waals surface area contributed by atoms with Gasteiger partial charge in [0.1, 0.15) is 5.69 Å². The molecule has 1 aromatic heterocycles. The third-order valence-electron chi connectivity index (χ3n) is 3.73. The number of carbonyl (C=O) groups is 2. The molecule has 1 N–H and O–H groups in total. The summed E-state index contributed by atoms with van der Waals surface area (Å²) in [6.45, 7) is 6.98. The van der Waals surface area contributed by atoms with Crippen molar-refractivity contribution in [3.63, 3.8) is 0 Å². The van der Waals surface area contributed by atoms with Crippen LogP contribution in [0.2, 0.25) is 0 Å². The second-order valence-electron chi connectivity index (χ2n) is 5.58. The lowest BCUT2D eigenvalue weighted by Gasteiger charge is -2.29. The van der Waals surface area contributed by atoms with E-state index in [1.54, 1.807) is 6.07 Å². The molecule has 0 aliphatic rings. The van der Waals surface area contributed by atoms with Gasteiger partial charge in [0.05, 0.1) is 0 Å². The number of hydrogen-bond acceptors (Lipinski definition) is 3. The molecule has 5 nitrogen and oxygen atoms in total. The first kappa shape index (κ1) is 18.1. The van der Waals surface area contributed by atoms with E-state index in [0.717, 1.165) is 32.1 Å². The highest BCUT2D eigenvalue weighted by atomic mass is 16.4. The Kier molecular flexibility index (Phi) is 7.57. The molecule has 0 aliphatic carbocycles. The summed E-state index contributed by atoms with van der Waals surface area (Å²) in [6.07, 6.45) is 6.48. The lowest BCUT2D eigenvalue weighted by Crippen LogP contribution is -2.39. The van der Waals surface area contributed by atoms with Crippen LogP contribution < -0.4 is 0 Å². The molecule has 1 heterocycles. The average Bonchev–Trinajstić information content (AvgIpc) is 2.51. The fourth-order valence-electron chi connectivity index (χ4n) is 2.47. The van der Waals surface area contributed by atoms with Gasteiger partial charge in [-0.2, -0.15) is 0 Å². The maximum Gasteiger partial charge on any atom is 0.354 e. The number of rotatable bonds is 9. The minimum Gasteiger partial charge on any atom is -0.477 e. The minimum absolute atomic E-state index is 0.0949. The molecule has 1 atom stereocenters. The third-order valence-corrected chi connectivity index (χ3v) is 3.73. The standard InChI is InChI=1S/C17H26N2O3/c1-4-6-7-11-19(13(3)8-5-2)16(20)14-9-10-18-15(12-14)17(21)22/h9-10,12-13H,4-8,11H2,1-3H3,(H,21,22). The Morgan fingerprint density at radius 1 is 1.27 bits per heavy atom. The highest BCUT2D eigenvalue weighted by molar-refractivity contribution is 5.96. The predicted molar refractivity (Wildman–Crippen MR) is 86.1 cm³/mol. The van der Waals surface area contributed by atoms with Gasteiger partial charge in [-0.05, 0) is 31.9 Å². The van der Waals surface area contributed by atoms with Crippen LogP contribution in [-0.4, -0.2) is 39.5 Å². The molecule has 22 heavy (non-hydrogen) atoms. The number of carbonyl (C=O) groups excluding carboxylic acids is 1. The zero-order valence-corrected chi connectivity index (χ0v) is 13.7. The van der Waals surface area contributed by atoms with Gasteiger partial charge in [-0.3, -0.25) is 4.79 Å². The van der Waals surface area contributed by atoms with E-state index in [1.807, 2.05) is 11.8 Å². The van der Waals surface area contributed by atoms with E-state index in [9.17, 15) is 9.59 Å². The second kappa shape index (κ2) is 9.18. The van der Waals surface area contributed by atoms with Gasteiger partial charge < -0.3 is 10.0 Å². The molecule has 1 aromatic rings. The van der Waals surface area contributed by atoms with Gasteiger partial charge in [0, 0.05) is 24.3 Å². The summed E-state index contributed by atoms with van der Waals surface area (Å²) < 4.78 is 0. The van der Waals surface area contributed by atoms with Crippen molar-refractivity contribution in [3.8, 4) is 0 Å². The smallest absolute Gasteiger partial charge is 0.354 e. The van der Waals surface area contributed by atoms with Crippen molar-refractivity contribution < 1.29 is 14.7 Å². The summed E-state index contributed by atoms with van der Waals surface area (Å²) in [5, 5.41) is 9.01. The molecule has 0 aromatic carbocycles. The number of carboxylic acids is 1. The molecule has 0 saturated carbocycles.